The van der Waals surface area contributed by atoms with Gasteiger partial charge in [0.15, 0.2) is 0 Å². The summed E-state index contributed by atoms with van der Waals surface area (Å²) in [5.74, 6) is 0.0601. The van der Waals surface area contributed by atoms with Gasteiger partial charge in [0.25, 0.3) is 0 Å². The third-order valence-corrected chi connectivity index (χ3v) is 2.86. The van der Waals surface area contributed by atoms with Crippen LogP contribution in [0.25, 0.3) is 0 Å². The number of likely N-dealkylation sites (N-methyl/N-ethyl adjacent to an activating group) is 1. The Bertz CT molecular complexity index is 271. The predicted molar refractivity (Wildman–Crippen MR) is 61.4 cm³/mol. The number of hydrogen-bond donors (Lipinski definition) is 2. The molecule has 1 aliphatic heterocycles. The normalized spacial score (nSPS) is 26.9. The Morgan fingerprint density at radius 3 is 2.60 bits per heavy atom. The average molecular weight is 211 g/mol. The lowest BCUT2D eigenvalue weighted by Gasteiger charge is -2.33. The van der Waals surface area contributed by atoms with Gasteiger partial charge in [-0.15, -0.1) is 0 Å². The van der Waals surface area contributed by atoms with Crippen LogP contribution in [-0.2, 0) is 4.79 Å². The van der Waals surface area contributed by atoms with Crippen LogP contribution in [0.3, 0.4) is 0 Å². The number of carbonyl (C=O) groups excluding carboxylic acids is 1. The molecule has 0 saturated carbocycles. The van der Waals surface area contributed by atoms with Gasteiger partial charge in [-0.05, 0) is 25.6 Å². The zero-order valence-electron chi connectivity index (χ0n) is 9.95. The van der Waals surface area contributed by atoms with Crippen LogP contribution < -0.4 is 11.1 Å². The predicted octanol–water partition coefficient (Wildman–Crippen LogP) is -0.0439. The van der Waals surface area contributed by atoms with Crippen molar-refractivity contribution < 1.29 is 4.79 Å². The molecule has 3 N–H and O–H groups in total. The minimum absolute atomic E-state index is 0.285. The van der Waals surface area contributed by atoms with Gasteiger partial charge in [0.1, 0.15) is 6.04 Å². The Morgan fingerprint density at radius 1 is 1.60 bits per heavy atom. The highest BCUT2D eigenvalue weighted by Crippen LogP contribution is 2.19. The Kier molecular flexibility index (Phi) is 3.88. The van der Waals surface area contributed by atoms with Crippen LogP contribution in [0, 0.1) is 5.92 Å². The molecule has 0 aliphatic carbocycles. The topological polar surface area (TPSA) is 58.4 Å². The van der Waals surface area contributed by atoms with Crippen LogP contribution in [-0.4, -0.2) is 43.5 Å². The monoisotopic (exact) mass is 211 g/mol. The van der Waals surface area contributed by atoms with Gasteiger partial charge in [0.05, 0.1) is 0 Å². The minimum atomic E-state index is -0.291. The Balaban J connectivity index is 2.91. The van der Waals surface area contributed by atoms with E-state index in [0.717, 1.165) is 12.1 Å². The standard InChI is InChI=1S/C11H21N3O/c1-7(2)9-5-8(14(3)4)6-13-10(9)11(12)15/h5,7-8,10,13H,6H2,1-4H3,(H2,12,15)/t8-,10+/m1/s1. The maximum Gasteiger partial charge on any atom is 0.238 e. The molecule has 4 nitrogen and oxygen atoms in total. The molecule has 1 rings (SSSR count). The molecule has 0 aromatic carbocycles. The van der Waals surface area contributed by atoms with Gasteiger partial charge in [-0.3, -0.25) is 4.79 Å². The SMILES string of the molecule is CC(C)C1=C[C@@H](N(C)C)CN[C@@H]1C(N)=O. The Labute approximate surface area is 91.5 Å². The van der Waals surface area contributed by atoms with Crippen LogP contribution in [0.15, 0.2) is 11.6 Å². The van der Waals surface area contributed by atoms with Crippen molar-refractivity contribution in [3.05, 3.63) is 11.6 Å². The fourth-order valence-electron chi connectivity index (χ4n) is 1.86. The molecule has 4 heteroatoms. The molecule has 0 radical (unpaired) electrons. The molecule has 0 fully saturated rings. The van der Waals surface area contributed by atoms with Gasteiger partial charge in [-0.1, -0.05) is 19.9 Å². The average Bonchev–Trinajstić information content (AvgIpc) is 2.16. The second-order valence-electron chi connectivity index (χ2n) is 4.60. The molecule has 1 heterocycles. The van der Waals surface area contributed by atoms with E-state index >= 15 is 0 Å². The summed E-state index contributed by atoms with van der Waals surface area (Å²) in [7, 11) is 4.07. The summed E-state index contributed by atoms with van der Waals surface area (Å²) in [5, 5.41) is 3.20. The van der Waals surface area contributed by atoms with E-state index in [0.29, 0.717) is 12.0 Å². The molecule has 0 aromatic heterocycles. The van der Waals surface area contributed by atoms with Crippen LogP contribution in [0.4, 0.5) is 0 Å². The summed E-state index contributed by atoms with van der Waals surface area (Å²) in [6, 6.07) is 0.0548. The molecular formula is C11H21N3O. The molecule has 0 bridgehead atoms. The van der Waals surface area contributed by atoms with Gasteiger partial charge in [0.2, 0.25) is 5.91 Å². The van der Waals surface area contributed by atoms with E-state index in [9.17, 15) is 4.79 Å². The van der Waals surface area contributed by atoms with E-state index in [1.807, 2.05) is 14.1 Å². The quantitative estimate of drug-likeness (QED) is 0.644. The maximum atomic E-state index is 11.3. The second-order valence-corrected chi connectivity index (χ2v) is 4.60. The van der Waals surface area contributed by atoms with Crippen molar-refractivity contribution >= 4 is 5.91 Å². The van der Waals surface area contributed by atoms with Crippen molar-refractivity contribution in [3.63, 3.8) is 0 Å². The molecule has 1 aliphatic rings. The van der Waals surface area contributed by atoms with Crippen molar-refractivity contribution in [2.75, 3.05) is 20.6 Å². The van der Waals surface area contributed by atoms with Crippen molar-refractivity contribution in [2.45, 2.75) is 25.9 Å². The Hall–Kier alpha value is -0.870. The number of nitrogens with two attached hydrogens (primary N) is 1. The summed E-state index contributed by atoms with van der Waals surface area (Å²) in [6.45, 7) is 4.94. The van der Waals surface area contributed by atoms with Gasteiger partial charge in [-0.2, -0.15) is 0 Å². The van der Waals surface area contributed by atoms with E-state index in [4.69, 9.17) is 5.73 Å². The fourth-order valence-corrected chi connectivity index (χ4v) is 1.86. The number of nitrogens with one attached hydrogen (secondary N) is 1. The van der Waals surface area contributed by atoms with Crippen molar-refractivity contribution in [1.29, 1.82) is 0 Å². The smallest absolute Gasteiger partial charge is 0.238 e. The molecular weight excluding hydrogens is 190 g/mol. The number of primary amides is 1. The van der Waals surface area contributed by atoms with E-state index < -0.39 is 0 Å². The lowest BCUT2D eigenvalue weighted by molar-refractivity contribution is -0.119. The summed E-state index contributed by atoms with van der Waals surface area (Å²) in [4.78, 5) is 13.4. The largest absolute Gasteiger partial charge is 0.368 e. The fraction of sp³-hybridized carbons (Fsp3) is 0.727. The zero-order chi connectivity index (χ0) is 11.6. The highest BCUT2D eigenvalue weighted by molar-refractivity contribution is 5.83. The van der Waals surface area contributed by atoms with Gasteiger partial charge >= 0.3 is 0 Å². The third kappa shape index (κ3) is 2.79. The molecule has 15 heavy (non-hydrogen) atoms. The molecule has 0 spiro atoms. The Morgan fingerprint density at radius 2 is 2.20 bits per heavy atom. The van der Waals surface area contributed by atoms with Crippen molar-refractivity contribution in [3.8, 4) is 0 Å². The molecule has 0 saturated heterocycles. The summed E-state index contributed by atoms with van der Waals surface area (Å²) in [6.07, 6.45) is 2.16. The number of rotatable bonds is 3. The first kappa shape index (κ1) is 12.2. The van der Waals surface area contributed by atoms with Crippen LogP contribution in [0.5, 0.6) is 0 Å². The highest BCUT2D eigenvalue weighted by Gasteiger charge is 2.28. The van der Waals surface area contributed by atoms with Crippen molar-refractivity contribution in [2.24, 2.45) is 11.7 Å². The van der Waals surface area contributed by atoms with E-state index in [1.165, 1.54) is 0 Å². The van der Waals surface area contributed by atoms with Gasteiger partial charge in [-0.25, -0.2) is 0 Å². The highest BCUT2D eigenvalue weighted by atomic mass is 16.1. The first-order valence-corrected chi connectivity index (χ1v) is 5.34. The first-order valence-electron chi connectivity index (χ1n) is 5.34. The third-order valence-electron chi connectivity index (χ3n) is 2.86. The van der Waals surface area contributed by atoms with E-state index in [2.05, 4.69) is 30.1 Å². The van der Waals surface area contributed by atoms with Crippen LogP contribution in [0.2, 0.25) is 0 Å². The molecule has 1 amide bonds. The molecule has 86 valence electrons. The molecule has 0 aromatic rings. The number of amides is 1. The van der Waals surface area contributed by atoms with E-state index in [-0.39, 0.29) is 11.9 Å². The maximum absolute atomic E-state index is 11.3. The minimum Gasteiger partial charge on any atom is -0.368 e. The van der Waals surface area contributed by atoms with Crippen LogP contribution >= 0.6 is 0 Å². The molecule has 2 atom stereocenters. The van der Waals surface area contributed by atoms with Gasteiger partial charge < -0.3 is 16.0 Å². The van der Waals surface area contributed by atoms with E-state index in [1.54, 1.807) is 0 Å². The first-order chi connectivity index (χ1) is 6.93. The molecule has 0 unspecified atom stereocenters. The second kappa shape index (κ2) is 4.77. The zero-order valence-corrected chi connectivity index (χ0v) is 9.95. The lowest BCUT2D eigenvalue weighted by atomic mass is 9.90. The number of carbonyl (C=O) groups is 1. The number of nitrogens with zero attached hydrogens (tertiary/aromatic N) is 1. The summed E-state index contributed by atoms with van der Waals surface area (Å²) >= 11 is 0. The van der Waals surface area contributed by atoms with Gasteiger partial charge in [0, 0.05) is 12.6 Å². The number of hydrogen-bond acceptors (Lipinski definition) is 3. The summed E-state index contributed by atoms with van der Waals surface area (Å²) < 4.78 is 0. The summed E-state index contributed by atoms with van der Waals surface area (Å²) in [5.41, 5.74) is 6.47. The lowest BCUT2D eigenvalue weighted by Crippen LogP contribution is -2.52. The van der Waals surface area contributed by atoms with Crippen LogP contribution in [0.1, 0.15) is 13.8 Å². The van der Waals surface area contributed by atoms with Crippen molar-refractivity contribution in [1.82, 2.24) is 10.2 Å².